The zero-order valence-corrected chi connectivity index (χ0v) is 6.97. The van der Waals surface area contributed by atoms with Crippen LogP contribution in [-0.4, -0.2) is 24.4 Å². The van der Waals surface area contributed by atoms with Crippen LogP contribution >= 0.6 is 0 Å². The van der Waals surface area contributed by atoms with Crippen LogP contribution in [0, 0.1) is 0 Å². The lowest BCUT2D eigenvalue weighted by Crippen LogP contribution is -2.07. The lowest BCUT2D eigenvalue weighted by molar-refractivity contribution is -0.494. The standard InChI is InChI=1S/C9H18N/c1-10-8-6-4-2-3-5-7-9-10/h8H,2-7,9H2,1H3/q+1. The molecule has 0 N–H and O–H groups in total. The Kier molecular flexibility index (Phi) is 3.48. The molecule has 0 aromatic rings. The molecule has 1 aliphatic rings. The molecule has 0 atom stereocenters. The van der Waals surface area contributed by atoms with E-state index in [-0.39, 0.29) is 0 Å². The predicted octanol–water partition coefficient (Wildman–Crippen LogP) is 2.05. The van der Waals surface area contributed by atoms with E-state index in [1.165, 1.54) is 45.1 Å². The van der Waals surface area contributed by atoms with Gasteiger partial charge in [-0.25, -0.2) is 4.58 Å². The number of hydrogen-bond acceptors (Lipinski definition) is 0. The fourth-order valence-electron chi connectivity index (χ4n) is 1.44. The zero-order valence-electron chi connectivity index (χ0n) is 6.97. The molecule has 1 rings (SSSR count). The van der Waals surface area contributed by atoms with Gasteiger partial charge in [-0.1, -0.05) is 12.8 Å². The minimum Gasteiger partial charge on any atom is -0.242 e. The first kappa shape index (κ1) is 7.77. The van der Waals surface area contributed by atoms with Crippen LogP contribution in [0.4, 0.5) is 0 Å². The molecule has 0 radical (unpaired) electrons. The van der Waals surface area contributed by atoms with Crippen LogP contribution in [0.25, 0.3) is 0 Å². The summed E-state index contributed by atoms with van der Waals surface area (Å²) in [6.45, 7) is 1.26. The van der Waals surface area contributed by atoms with Gasteiger partial charge in [-0.15, -0.1) is 0 Å². The molecular formula is C9H18N+. The first-order valence-corrected chi connectivity index (χ1v) is 4.43. The molecule has 58 valence electrons. The average molecular weight is 140 g/mol. The van der Waals surface area contributed by atoms with Crippen molar-refractivity contribution in [3.63, 3.8) is 0 Å². The molecule has 0 saturated carbocycles. The Morgan fingerprint density at radius 3 is 2.60 bits per heavy atom. The molecule has 0 fully saturated rings. The summed E-state index contributed by atoms with van der Waals surface area (Å²) in [7, 11) is 2.19. The topological polar surface area (TPSA) is 3.01 Å². The predicted molar refractivity (Wildman–Crippen MR) is 44.8 cm³/mol. The molecular weight excluding hydrogens is 122 g/mol. The van der Waals surface area contributed by atoms with E-state index in [9.17, 15) is 0 Å². The maximum absolute atomic E-state index is 2.34. The van der Waals surface area contributed by atoms with Gasteiger partial charge in [0.15, 0.2) is 0 Å². The lowest BCUT2D eigenvalue weighted by atomic mass is 10.1. The van der Waals surface area contributed by atoms with E-state index < -0.39 is 0 Å². The van der Waals surface area contributed by atoms with Crippen molar-refractivity contribution in [2.75, 3.05) is 13.6 Å². The second-order valence-corrected chi connectivity index (χ2v) is 3.22. The van der Waals surface area contributed by atoms with Gasteiger partial charge < -0.3 is 0 Å². The van der Waals surface area contributed by atoms with E-state index in [4.69, 9.17) is 0 Å². The highest BCUT2D eigenvalue weighted by atomic mass is 14.9. The molecule has 1 heteroatoms. The van der Waals surface area contributed by atoms with E-state index in [2.05, 4.69) is 17.8 Å². The Labute approximate surface area is 63.8 Å². The van der Waals surface area contributed by atoms with Gasteiger partial charge in [-0.05, 0) is 12.8 Å². The lowest BCUT2D eigenvalue weighted by Gasteiger charge is -1.93. The SMILES string of the molecule is C[N+]1=CCCCCCCC1. The number of nitrogens with zero attached hydrogens (tertiary/aromatic N) is 1. The van der Waals surface area contributed by atoms with Gasteiger partial charge in [0, 0.05) is 12.8 Å². The van der Waals surface area contributed by atoms with Crippen LogP contribution < -0.4 is 0 Å². The van der Waals surface area contributed by atoms with Gasteiger partial charge in [0.2, 0.25) is 0 Å². The van der Waals surface area contributed by atoms with Crippen molar-refractivity contribution < 1.29 is 4.58 Å². The summed E-state index contributed by atoms with van der Waals surface area (Å²) < 4.78 is 2.34. The molecule has 0 spiro atoms. The maximum Gasteiger partial charge on any atom is 0.142 e. The minimum atomic E-state index is 1.26. The first-order valence-electron chi connectivity index (χ1n) is 4.43. The molecule has 0 aliphatic carbocycles. The summed E-state index contributed by atoms with van der Waals surface area (Å²) in [4.78, 5) is 0. The highest BCUT2D eigenvalue weighted by Crippen LogP contribution is 2.06. The molecule has 0 unspecified atom stereocenters. The smallest absolute Gasteiger partial charge is 0.142 e. The Bertz CT molecular complexity index is 116. The van der Waals surface area contributed by atoms with Crippen LogP contribution in [0.3, 0.4) is 0 Å². The van der Waals surface area contributed by atoms with E-state index in [1.54, 1.807) is 0 Å². The highest BCUT2D eigenvalue weighted by Gasteiger charge is 1.99. The van der Waals surface area contributed by atoms with Crippen molar-refractivity contribution in [2.24, 2.45) is 0 Å². The van der Waals surface area contributed by atoms with Gasteiger partial charge in [0.25, 0.3) is 0 Å². The molecule has 1 heterocycles. The summed E-state index contributed by atoms with van der Waals surface area (Å²) in [5.41, 5.74) is 0. The third-order valence-corrected chi connectivity index (χ3v) is 2.16. The zero-order chi connectivity index (χ0) is 7.23. The largest absolute Gasteiger partial charge is 0.242 e. The van der Waals surface area contributed by atoms with Crippen molar-refractivity contribution in [1.82, 2.24) is 0 Å². The van der Waals surface area contributed by atoms with Crippen molar-refractivity contribution in [3.05, 3.63) is 0 Å². The molecule has 0 aromatic heterocycles. The quantitative estimate of drug-likeness (QED) is 0.453. The van der Waals surface area contributed by atoms with Crippen LogP contribution in [0.1, 0.15) is 38.5 Å². The molecule has 0 amide bonds. The molecule has 1 aliphatic heterocycles. The fourth-order valence-corrected chi connectivity index (χ4v) is 1.44. The van der Waals surface area contributed by atoms with E-state index in [0.29, 0.717) is 0 Å². The third-order valence-electron chi connectivity index (χ3n) is 2.16. The molecule has 1 nitrogen and oxygen atoms in total. The highest BCUT2D eigenvalue weighted by molar-refractivity contribution is 5.50. The van der Waals surface area contributed by atoms with Crippen LogP contribution in [0.5, 0.6) is 0 Å². The summed E-state index contributed by atoms with van der Waals surface area (Å²) in [6, 6.07) is 0. The van der Waals surface area contributed by atoms with E-state index >= 15 is 0 Å². The van der Waals surface area contributed by atoms with Gasteiger partial charge >= 0.3 is 0 Å². The Hall–Kier alpha value is -0.330. The molecule has 0 bridgehead atoms. The second-order valence-electron chi connectivity index (χ2n) is 3.22. The van der Waals surface area contributed by atoms with Crippen LogP contribution in [0.2, 0.25) is 0 Å². The average Bonchev–Trinajstić information content (AvgIpc) is 2.02. The summed E-state index contributed by atoms with van der Waals surface area (Å²) >= 11 is 0. The van der Waals surface area contributed by atoms with E-state index in [0.717, 1.165) is 0 Å². The molecule has 10 heavy (non-hydrogen) atoms. The maximum atomic E-state index is 2.34. The molecule has 0 aromatic carbocycles. The molecule has 0 saturated heterocycles. The second kappa shape index (κ2) is 4.48. The summed E-state index contributed by atoms with van der Waals surface area (Å²) in [6.07, 6.45) is 10.7. The Balaban J connectivity index is 2.29. The van der Waals surface area contributed by atoms with Crippen molar-refractivity contribution in [2.45, 2.75) is 38.5 Å². The van der Waals surface area contributed by atoms with Crippen molar-refractivity contribution in [3.8, 4) is 0 Å². The summed E-state index contributed by atoms with van der Waals surface area (Å²) in [5, 5.41) is 0. The minimum absolute atomic E-state index is 1.26. The van der Waals surface area contributed by atoms with Gasteiger partial charge in [0.05, 0.1) is 0 Å². The van der Waals surface area contributed by atoms with Gasteiger partial charge in [-0.2, -0.15) is 0 Å². The van der Waals surface area contributed by atoms with Gasteiger partial charge in [-0.3, -0.25) is 0 Å². The Morgan fingerprint density at radius 2 is 1.70 bits per heavy atom. The van der Waals surface area contributed by atoms with Gasteiger partial charge in [0.1, 0.15) is 19.8 Å². The summed E-state index contributed by atoms with van der Waals surface area (Å²) in [5.74, 6) is 0. The van der Waals surface area contributed by atoms with Crippen molar-refractivity contribution in [1.29, 1.82) is 0 Å². The first-order chi connectivity index (χ1) is 4.89. The van der Waals surface area contributed by atoms with Crippen LogP contribution in [0.15, 0.2) is 0 Å². The monoisotopic (exact) mass is 140 g/mol. The Morgan fingerprint density at radius 1 is 1.00 bits per heavy atom. The third kappa shape index (κ3) is 3.00. The normalized spacial score (nSPS) is 22.3. The van der Waals surface area contributed by atoms with Crippen molar-refractivity contribution >= 4 is 6.21 Å². The number of hydrogen-bond donors (Lipinski definition) is 0. The van der Waals surface area contributed by atoms with E-state index in [1.807, 2.05) is 0 Å². The van der Waals surface area contributed by atoms with Crippen LogP contribution in [-0.2, 0) is 0 Å². The fraction of sp³-hybridized carbons (Fsp3) is 0.889. The number of rotatable bonds is 0.